The van der Waals surface area contributed by atoms with Crippen LogP contribution >= 0.6 is 11.3 Å². The zero-order valence-corrected chi connectivity index (χ0v) is 27.7. The van der Waals surface area contributed by atoms with Crippen LogP contribution in [-0.4, -0.2) is 10.9 Å². The minimum atomic E-state index is -0.125. The fourth-order valence-electron chi connectivity index (χ4n) is 5.29. The van der Waals surface area contributed by atoms with Gasteiger partial charge >= 0.3 is 0 Å². The Hall–Kier alpha value is -3.11. The Morgan fingerprint density at radius 2 is 1.62 bits per heavy atom. The van der Waals surface area contributed by atoms with Gasteiger partial charge in [-0.15, -0.1) is 34.4 Å². The maximum absolute atomic E-state index is 10.0. The van der Waals surface area contributed by atoms with Gasteiger partial charge in [-0.3, -0.25) is 4.79 Å². The third-order valence-electron chi connectivity index (χ3n) is 7.19. The number of aryl methyl sites for hydroxylation is 2. The summed E-state index contributed by atoms with van der Waals surface area (Å²) in [4.78, 5) is 10.0. The molecule has 5 heteroatoms. The predicted molar refractivity (Wildman–Crippen MR) is 168 cm³/mol. The van der Waals surface area contributed by atoms with E-state index in [9.17, 15) is 4.79 Å². The number of hydrogen-bond donors (Lipinski definition) is 1. The van der Waals surface area contributed by atoms with E-state index in [1.807, 2.05) is 15.9 Å². The quantitative estimate of drug-likeness (QED) is 0.0872. The number of carbonyl (C=O) groups is 1. The second-order valence-electron chi connectivity index (χ2n) is 11.2. The maximum atomic E-state index is 10.0. The first-order valence-electron chi connectivity index (χ1n) is 13.3. The fraction of sp³-hybridized carbons (Fsp3) is 0.257. The number of allylic oxidation sites excluding steroid dienone is 2. The first-order valence-corrected chi connectivity index (χ1v) is 14.1. The first-order chi connectivity index (χ1) is 18.3. The monoisotopic (exact) mass is 729 g/mol. The van der Waals surface area contributed by atoms with Crippen molar-refractivity contribution < 1.29 is 34.6 Å². The molecule has 0 bridgehead atoms. The van der Waals surface area contributed by atoms with Gasteiger partial charge < -0.3 is 9.67 Å². The molecule has 0 fully saturated rings. The van der Waals surface area contributed by atoms with Gasteiger partial charge in [0.1, 0.15) is 0 Å². The Kier molecular flexibility index (Phi) is 9.57. The van der Waals surface area contributed by atoms with Crippen LogP contribution < -0.4 is 4.57 Å². The number of ketones is 1. The summed E-state index contributed by atoms with van der Waals surface area (Å²) in [6.45, 7) is 18.8. The summed E-state index contributed by atoms with van der Waals surface area (Å²) in [6.07, 6.45) is 4.32. The molecule has 1 N–H and O–H groups in total. The van der Waals surface area contributed by atoms with Gasteiger partial charge in [0, 0.05) is 42.6 Å². The molecule has 0 spiro atoms. The number of rotatable bonds is 3. The van der Waals surface area contributed by atoms with Crippen LogP contribution in [0.5, 0.6) is 0 Å². The van der Waals surface area contributed by atoms with Gasteiger partial charge in [-0.1, -0.05) is 69.0 Å². The average molecular weight is 729 g/mol. The number of benzene rings is 3. The van der Waals surface area contributed by atoms with Crippen LogP contribution in [0.2, 0.25) is 0 Å². The Labute approximate surface area is 255 Å². The SMILES string of the molecule is CC(=O)/C=C(/C)O.[CH2-]c1c(-c2c3sc4c(C)c(CC)ccc4c3cc[n+]2[CH2-])cc(C(C)(C)C)c2ccccc12.[Ir]. The van der Waals surface area contributed by atoms with E-state index in [4.69, 9.17) is 5.11 Å². The van der Waals surface area contributed by atoms with E-state index in [1.54, 1.807) is 0 Å². The summed E-state index contributed by atoms with van der Waals surface area (Å²) < 4.78 is 4.70. The van der Waals surface area contributed by atoms with Crippen molar-refractivity contribution in [2.45, 2.75) is 60.3 Å². The molecular formula is C35H38IrNO2S-. The molecule has 0 aliphatic carbocycles. The Bertz CT molecular complexity index is 1750. The third-order valence-corrected chi connectivity index (χ3v) is 8.54. The van der Waals surface area contributed by atoms with Crippen molar-refractivity contribution in [3.63, 3.8) is 0 Å². The molecule has 0 unspecified atom stereocenters. The number of aliphatic hydroxyl groups is 1. The second kappa shape index (κ2) is 12.2. The van der Waals surface area contributed by atoms with Crippen LogP contribution in [0, 0.1) is 20.9 Å². The summed E-state index contributed by atoms with van der Waals surface area (Å²) in [7, 11) is 4.38. The molecule has 40 heavy (non-hydrogen) atoms. The third kappa shape index (κ3) is 5.98. The van der Waals surface area contributed by atoms with Gasteiger partial charge in [0.2, 0.25) is 0 Å². The van der Waals surface area contributed by atoms with E-state index in [-0.39, 0.29) is 37.1 Å². The van der Waals surface area contributed by atoms with Crippen molar-refractivity contribution in [3.8, 4) is 11.3 Å². The average Bonchev–Trinajstić information content (AvgIpc) is 3.23. The minimum Gasteiger partial charge on any atom is -0.512 e. The summed E-state index contributed by atoms with van der Waals surface area (Å²) in [5.74, 6) is -0.0625. The molecular weight excluding hydrogens is 691 g/mol. The second-order valence-corrected chi connectivity index (χ2v) is 12.2. The number of fused-ring (bicyclic) bond motifs is 4. The smallest absolute Gasteiger partial charge is 0.155 e. The minimum absolute atomic E-state index is 0. The summed E-state index contributed by atoms with van der Waals surface area (Å²) >= 11 is 1.89. The number of aromatic nitrogens is 1. The topological polar surface area (TPSA) is 41.2 Å². The maximum Gasteiger partial charge on any atom is 0.155 e. The molecule has 5 rings (SSSR count). The standard InChI is InChI=1S/C30H30NS.C5H8O2.Ir/c1-8-20-13-14-23-24-15-16-31(7)27(29(24)32-28(23)18(20)2)25-17-26(30(4,5)6)22-12-10-9-11-21(22)19(25)3;1-4(6)3-5(2)7;/h9-17H,3,7-8H2,1-2,4-6H3;3,6H,1-2H3;/q-1;;/b;4-3-;. The normalized spacial score (nSPS) is 11.8. The Morgan fingerprint density at radius 1 is 1.00 bits per heavy atom. The molecule has 1 radical (unpaired) electrons. The van der Waals surface area contributed by atoms with Gasteiger partial charge in [-0.05, 0) is 60.6 Å². The molecule has 3 nitrogen and oxygen atoms in total. The predicted octanol–water partition coefficient (Wildman–Crippen LogP) is 9.19. The number of thiophene rings is 1. The molecule has 5 aromatic rings. The van der Waals surface area contributed by atoms with Gasteiger partial charge in [-0.25, -0.2) is 0 Å². The summed E-state index contributed by atoms with van der Waals surface area (Å²) in [5, 5.41) is 13.5. The zero-order valence-electron chi connectivity index (χ0n) is 24.4. The van der Waals surface area contributed by atoms with Gasteiger partial charge in [0.15, 0.2) is 5.78 Å². The van der Waals surface area contributed by atoms with Crippen LogP contribution in [0.3, 0.4) is 0 Å². The largest absolute Gasteiger partial charge is 0.512 e. The molecule has 0 atom stereocenters. The van der Waals surface area contributed by atoms with E-state index < -0.39 is 0 Å². The van der Waals surface area contributed by atoms with Crippen molar-refractivity contribution in [1.29, 1.82) is 0 Å². The molecule has 0 aliphatic heterocycles. The summed E-state index contributed by atoms with van der Waals surface area (Å²) in [5.41, 5.74) is 7.59. The molecule has 2 aromatic heterocycles. The number of carbonyl (C=O) groups excluding carboxylic acids is 1. The molecule has 0 aliphatic rings. The van der Waals surface area contributed by atoms with E-state index >= 15 is 0 Å². The van der Waals surface area contributed by atoms with Gasteiger partial charge in [0.25, 0.3) is 0 Å². The van der Waals surface area contributed by atoms with Crippen LogP contribution in [0.4, 0.5) is 0 Å². The number of pyridine rings is 1. The van der Waals surface area contributed by atoms with E-state index in [0.29, 0.717) is 0 Å². The van der Waals surface area contributed by atoms with Crippen molar-refractivity contribution in [2.75, 3.05) is 0 Å². The van der Waals surface area contributed by atoms with E-state index in [1.165, 1.54) is 73.1 Å². The van der Waals surface area contributed by atoms with Crippen LogP contribution in [-0.2, 0) is 36.7 Å². The first kappa shape index (κ1) is 31.4. The van der Waals surface area contributed by atoms with E-state index in [2.05, 4.69) is 103 Å². The van der Waals surface area contributed by atoms with Gasteiger partial charge in [-0.2, -0.15) is 12.5 Å². The van der Waals surface area contributed by atoms with Crippen LogP contribution in [0.1, 0.15) is 63.8 Å². The number of hydrogen-bond acceptors (Lipinski definition) is 3. The zero-order chi connectivity index (χ0) is 28.6. The van der Waals surface area contributed by atoms with Crippen molar-refractivity contribution in [1.82, 2.24) is 0 Å². The van der Waals surface area contributed by atoms with Crippen LogP contribution in [0.25, 0.3) is 42.2 Å². The van der Waals surface area contributed by atoms with Crippen molar-refractivity contribution >= 4 is 48.1 Å². The molecule has 3 aromatic carbocycles. The molecule has 2 heterocycles. The number of aliphatic hydroxyl groups excluding tert-OH is 1. The van der Waals surface area contributed by atoms with E-state index in [0.717, 1.165) is 17.7 Å². The molecule has 0 saturated heterocycles. The summed E-state index contributed by atoms with van der Waals surface area (Å²) in [6, 6.07) is 17.8. The van der Waals surface area contributed by atoms with Crippen LogP contribution in [0.15, 0.2) is 66.6 Å². The fourth-order valence-corrected chi connectivity index (χ4v) is 6.68. The Balaban J connectivity index is 0.000000492. The van der Waals surface area contributed by atoms with Crippen molar-refractivity contribution in [2.24, 2.45) is 0 Å². The molecule has 0 saturated carbocycles. The Morgan fingerprint density at radius 3 is 2.17 bits per heavy atom. The van der Waals surface area contributed by atoms with Gasteiger partial charge in [0.05, 0.1) is 17.6 Å². The van der Waals surface area contributed by atoms with Crippen molar-refractivity contribution in [3.05, 3.63) is 103 Å². The molecule has 211 valence electrons. The molecule has 0 amide bonds. The number of nitrogens with zero attached hydrogens (tertiary/aromatic N) is 1.